The molecular weight excluding hydrogens is 333 g/mol. The Bertz CT molecular complexity index is 822. The lowest BCUT2D eigenvalue weighted by molar-refractivity contribution is -0.141. The van der Waals surface area contributed by atoms with Crippen LogP contribution in [0.25, 0.3) is 5.69 Å². The molecule has 0 unspecified atom stereocenters. The Morgan fingerprint density at radius 2 is 1.78 bits per heavy atom. The van der Waals surface area contributed by atoms with Crippen molar-refractivity contribution in [2.75, 3.05) is 0 Å². The van der Waals surface area contributed by atoms with Gasteiger partial charge in [-0.3, -0.25) is 4.79 Å². The topological polar surface area (TPSA) is 34.9 Å². The molecule has 0 atom stereocenters. The summed E-state index contributed by atoms with van der Waals surface area (Å²) in [7, 11) is 0. The van der Waals surface area contributed by atoms with E-state index < -0.39 is 58.6 Å². The van der Waals surface area contributed by atoms with E-state index >= 15 is 0 Å². The van der Waals surface area contributed by atoms with Gasteiger partial charge in [-0.2, -0.15) is 27.1 Å². The Kier molecular flexibility index (Phi) is 3.07. The van der Waals surface area contributed by atoms with Crippen molar-refractivity contribution in [3.63, 3.8) is 0 Å². The summed E-state index contributed by atoms with van der Waals surface area (Å²) in [5.74, 6) is -8.66. The smallest absolute Gasteiger partial charge is 0.287 e. The summed E-state index contributed by atoms with van der Waals surface area (Å²) in [6.07, 6.45) is -6.45. The molecule has 1 heterocycles. The second-order valence-electron chi connectivity index (χ2n) is 4.89. The number of hydrogen-bond acceptors (Lipinski definition) is 2. The van der Waals surface area contributed by atoms with Crippen molar-refractivity contribution in [3.05, 3.63) is 46.8 Å². The van der Waals surface area contributed by atoms with Gasteiger partial charge >= 0.3 is 12.1 Å². The van der Waals surface area contributed by atoms with Crippen molar-refractivity contribution in [3.8, 4) is 5.69 Å². The van der Waals surface area contributed by atoms with E-state index in [1.165, 1.54) is 0 Å². The van der Waals surface area contributed by atoms with Gasteiger partial charge in [0.25, 0.3) is 0 Å². The summed E-state index contributed by atoms with van der Waals surface area (Å²) >= 11 is 0. The number of halogens is 7. The highest BCUT2D eigenvalue weighted by Crippen LogP contribution is 2.42. The molecule has 1 aliphatic rings. The molecule has 3 nitrogen and oxygen atoms in total. The van der Waals surface area contributed by atoms with E-state index in [4.69, 9.17) is 0 Å². The maximum Gasteiger partial charge on any atom is 0.435 e. The van der Waals surface area contributed by atoms with Crippen LogP contribution >= 0.6 is 0 Å². The summed E-state index contributed by atoms with van der Waals surface area (Å²) in [6, 6.07) is 1.98. The van der Waals surface area contributed by atoms with Gasteiger partial charge in [0.15, 0.2) is 17.3 Å². The summed E-state index contributed by atoms with van der Waals surface area (Å²) in [5.41, 5.74) is -4.12. The SMILES string of the molecule is O=C1c2c(C(F)(F)F)nn(-c3ccc(F)c(F)c3)c2CC1(F)F. The number of benzene rings is 1. The average molecular weight is 338 g/mol. The number of fused-ring (bicyclic) bond motifs is 1. The summed E-state index contributed by atoms with van der Waals surface area (Å²) in [6.45, 7) is 0. The van der Waals surface area contributed by atoms with Gasteiger partial charge in [0, 0.05) is 6.07 Å². The predicted octanol–water partition coefficient (Wildman–Crippen LogP) is 3.54. The average Bonchev–Trinajstić information content (AvgIpc) is 2.89. The maximum absolute atomic E-state index is 13.5. The van der Waals surface area contributed by atoms with Gasteiger partial charge in [-0.15, -0.1) is 0 Å². The number of alkyl halides is 5. The van der Waals surface area contributed by atoms with Crippen LogP contribution in [-0.4, -0.2) is 21.5 Å². The van der Waals surface area contributed by atoms with E-state index in [2.05, 4.69) is 5.10 Å². The third kappa shape index (κ3) is 2.28. The monoisotopic (exact) mass is 338 g/mol. The first kappa shape index (κ1) is 15.5. The zero-order valence-corrected chi connectivity index (χ0v) is 10.9. The lowest BCUT2D eigenvalue weighted by atomic mass is 10.1. The van der Waals surface area contributed by atoms with Crippen molar-refractivity contribution in [2.24, 2.45) is 0 Å². The third-order valence-corrected chi connectivity index (χ3v) is 3.35. The predicted molar refractivity (Wildman–Crippen MR) is 61.5 cm³/mol. The normalized spacial score (nSPS) is 16.7. The van der Waals surface area contributed by atoms with E-state index in [9.17, 15) is 35.5 Å². The number of ketones is 1. The minimum absolute atomic E-state index is 0.388. The minimum Gasteiger partial charge on any atom is -0.287 e. The van der Waals surface area contributed by atoms with Crippen LogP contribution in [-0.2, 0) is 12.6 Å². The molecule has 23 heavy (non-hydrogen) atoms. The molecule has 122 valence electrons. The highest BCUT2D eigenvalue weighted by atomic mass is 19.4. The highest BCUT2D eigenvalue weighted by molar-refractivity contribution is 6.06. The van der Waals surface area contributed by atoms with Crippen LogP contribution < -0.4 is 0 Å². The van der Waals surface area contributed by atoms with Gasteiger partial charge in [0.05, 0.1) is 23.4 Å². The molecule has 0 fully saturated rings. The largest absolute Gasteiger partial charge is 0.435 e. The number of aromatic nitrogens is 2. The Morgan fingerprint density at radius 1 is 1.13 bits per heavy atom. The van der Waals surface area contributed by atoms with Crippen molar-refractivity contribution in [2.45, 2.75) is 18.5 Å². The first-order valence-electron chi connectivity index (χ1n) is 6.09. The Morgan fingerprint density at radius 3 is 2.35 bits per heavy atom. The summed E-state index contributed by atoms with van der Waals surface area (Å²) < 4.78 is 92.3. The van der Waals surface area contributed by atoms with Gasteiger partial charge in [0.1, 0.15) is 0 Å². The minimum atomic E-state index is -5.15. The first-order chi connectivity index (χ1) is 10.5. The molecule has 0 saturated carbocycles. The molecule has 10 heteroatoms. The fourth-order valence-corrected chi connectivity index (χ4v) is 2.36. The maximum atomic E-state index is 13.5. The molecule has 0 bridgehead atoms. The van der Waals surface area contributed by atoms with Gasteiger partial charge < -0.3 is 0 Å². The van der Waals surface area contributed by atoms with Crippen LogP contribution in [0.1, 0.15) is 21.7 Å². The molecule has 2 aromatic rings. The van der Waals surface area contributed by atoms with Gasteiger partial charge in [0.2, 0.25) is 5.78 Å². The lowest BCUT2D eigenvalue weighted by Crippen LogP contribution is -2.26. The molecule has 0 N–H and O–H groups in total. The molecule has 1 aromatic heterocycles. The van der Waals surface area contributed by atoms with E-state index in [1.807, 2.05) is 0 Å². The quantitative estimate of drug-likeness (QED) is 0.746. The van der Waals surface area contributed by atoms with E-state index in [0.717, 1.165) is 6.07 Å². The van der Waals surface area contributed by atoms with Crippen molar-refractivity contribution < 1.29 is 35.5 Å². The van der Waals surface area contributed by atoms with E-state index in [0.29, 0.717) is 16.8 Å². The number of hydrogen-bond donors (Lipinski definition) is 0. The molecular formula is C13H5F7N2O. The standard InChI is InChI=1S/C13H5F7N2O/c14-6-2-1-5(3-7(6)15)22-8-4-12(16,17)11(23)9(8)10(21-22)13(18,19)20/h1-3H,4H2. The fourth-order valence-electron chi connectivity index (χ4n) is 2.36. The van der Waals surface area contributed by atoms with Crippen LogP contribution in [0.15, 0.2) is 18.2 Å². The van der Waals surface area contributed by atoms with Gasteiger partial charge in [-0.05, 0) is 12.1 Å². The van der Waals surface area contributed by atoms with Crippen LogP contribution in [0.3, 0.4) is 0 Å². The number of carbonyl (C=O) groups excluding carboxylic acids is 1. The van der Waals surface area contributed by atoms with Crippen LogP contribution in [0.2, 0.25) is 0 Å². The number of nitrogens with zero attached hydrogens (tertiary/aromatic N) is 2. The molecule has 1 aliphatic carbocycles. The van der Waals surface area contributed by atoms with E-state index in [-0.39, 0.29) is 0 Å². The third-order valence-electron chi connectivity index (χ3n) is 3.35. The molecule has 1 aromatic carbocycles. The summed E-state index contributed by atoms with van der Waals surface area (Å²) in [4.78, 5) is 11.5. The van der Waals surface area contributed by atoms with Crippen LogP contribution in [0, 0.1) is 11.6 Å². The van der Waals surface area contributed by atoms with Crippen molar-refractivity contribution in [1.82, 2.24) is 9.78 Å². The fraction of sp³-hybridized carbons (Fsp3) is 0.231. The van der Waals surface area contributed by atoms with Crippen molar-refractivity contribution in [1.29, 1.82) is 0 Å². The molecule has 0 saturated heterocycles. The summed E-state index contributed by atoms with van der Waals surface area (Å²) in [5, 5.41) is 3.11. The highest BCUT2D eigenvalue weighted by Gasteiger charge is 2.55. The zero-order chi connectivity index (χ0) is 17.2. The second kappa shape index (κ2) is 4.56. The Hall–Kier alpha value is -2.39. The second-order valence-corrected chi connectivity index (χ2v) is 4.89. The molecule has 0 radical (unpaired) electrons. The van der Waals surface area contributed by atoms with Gasteiger partial charge in [-0.25, -0.2) is 13.5 Å². The number of Topliss-reactive ketones (excluding diaryl/α,β-unsaturated/α-hetero) is 1. The Balaban J connectivity index is 2.27. The first-order valence-corrected chi connectivity index (χ1v) is 6.09. The lowest BCUT2D eigenvalue weighted by Gasteiger charge is -2.10. The van der Waals surface area contributed by atoms with E-state index in [1.54, 1.807) is 0 Å². The number of rotatable bonds is 1. The molecule has 0 amide bonds. The van der Waals surface area contributed by atoms with Crippen molar-refractivity contribution >= 4 is 5.78 Å². The molecule has 0 aliphatic heterocycles. The van der Waals surface area contributed by atoms with Crippen LogP contribution in [0.5, 0.6) is 0 Å². The number of carbonyl (C=O) groups is 1. The van der Waals surface area contributed by atoms with Crippen LogP contribution in [0.4, 0.5) is 30.7 Å². The molecule has 0 spiro atoms. The zero-order valence-electron chi connectivity index (χ0n) is 10.9. The Labute approximate surface area is 123 Å². The molecule has 3 rings (SSSR count). The van der Waals surface area contributed by atoms with Gasteiger partial charge in [-0.1, -0.05) is 0 Å².